The summed E-state index contributed by atoms with van der Waals surface area (Å²) in [5.74, 6) is 0.313. The summed E-state index contributed by atoms with van der Waals surface area (Å²) in [4.78, 5) is 26.4. The SMILES string of the molecule is Cc1ccccc1C1CC(C)N(C(=O)c2ccn(C)c(=O)c2)C1. The van der Waals surface area contributed by atoms with E-state index in [1.165, 1.54) is 21.8 Å². The van der Waals surface area contributed by atoms with Gasteiger partial charge < -0.3 is 9.47 Å². The van der Waals surface area contributed by atoms with Crippen LogP contribution in [0.3, 0.4) is 0 Å². The van der Waals surface area contributed by atoms with Crippen LogP contribution in [0.1, 0.15) is 40.7 Å². The molecule has 2 atom stereocenters. The molecular weight excluding hydrogens is 288 g/mol. The van der Waals surface area contributed by atoms with Crippen molar-refractivity contribution in [1.82, 2.24) is 9.47 Å². The Morgan fingerprint density at radius 2 is 1.96 bits per heavy atom. The molecule has 1 saturated heterocycles. The van der Waals surface area contributed by atoms with Crippen molar-refractivity contribution >= 4 is 5.91 Å². The van der Waals surface area contributed by atoms with E-state index >= 15 is 0 Å². The molecule has 23 heavy (non-hydrogen) atoms. The van der Waals surface area contributed by atoms with Crippen LogP contribution in [0.15, 0.2) is 47.4 Å². The molecule has 3 rings (SSSR count). The average Bonchev–Trinajstić information content (AvgIpc) is 2.91. The Bertz CT molecular complexity index is 794. The van der Waals surface area contributed by atoms with E-state index in [-0.39, 0.29) is 17.5 Å². The van der Waals surface area contributed by atoms with Crippen molar-refractivity contribution in [3.8, 4) is 0 Å². The fourth-order valence-corrected chi connectivity index (χ4v) is 3.43. The molecule has 1 aromatic carbocycles. The van der Waals surface area contributed by atoms with Crippen LogP contribution >= 0.6 is 0 Å². The van der Waals surface area contributed by atoms with Crippen LogP contribution in [0.25, 0.3) is 0 Å². The van der Waals surface area contributed by atoms with Crippen molar-refractivity contribution in [3.63, 3.8) is 0 Å². The third-order valence-corrected chi connectivity index (χ3v) is 4.82. The van der Waals surface area contributed by atoms with Crippen LogP contribution in [0.5, 0.6) is 0 Å². The van der Waals surface area contributed by atoms with Crippen LogP contribution in [-0.4, -0.2) is 28.0 Å². The summed E-state index contributed by atoms with van der Waals surface area (Å²) in [6.45, 7) is 4.91. The molecule has 1 amide bonds. The lowest BCUT2D eigenvalue weighted by atomic mass is 9.93. The number of hydrogen-bond acceptors (Lipinski definition) is 2. The van der Waals surface area contributed by atoms with Gasteiger partial charge in [-0.05, 0) is 37.5 Å². The molecule has 1 aliphatic rings. The Labute approximate surface area is 136 Å². The Balaban J connectivity index is 1.84. The van der Waals surface area contributed by atoms with Gasteiger partial charge >= 0.3 is 0 Å². The second-order valence-electron chi connectivity index (χ2n) is 6.46. The summed E-state index contributed by atoms with van der Waals surface area (Å²) in [5, 5.41) is 0. The molecule has 0 saturated carbocycles. The van der Waals surface area contributed by atoms with Gasteiger partial charge in [-0.15, -0.1) is 0 Å². The number of aromatic nitrogens is 1. The first-order chi connectivity index (χ1) is 11.0. The molecule has 120 valence electrons. The highest BCUT2D eigenvalue weighted by molar-refractivity contribution is 5.94. The van der Waals surface area contributed by atoms with E-state index in [9.17, 15) is 9.59 Å². The zero-order chi connectivity index (χ0) is 16.6. The van der Waals surface area contributed by atoms with Crippen molar-refractivity contribution in [3.05, 3.63) is 69.6 Å². The Hall–Kier alpha value is -2.36. The smallest absolute Gasteiger partial charge is 0.254 e. The Morgan fingerprint density at radius 1 is 1.22 bits per heavy atom. The average molecular weight is 310 g/mol. The number of rotatable bonds is 2. The Morgan fingerprint density at radius 3 is 2.65 bits per heavy atom. The fourth-order valence-electron chi connectivity index (χ4n) is 3.43. The van der Waals surface area contributed by atoms with Crippen LogP contribution < -0.4 is 5.56 Å². The normalized spacial score (nSPS) is 20.7. The van der Waals surface area contributed by atoms with E-state index in [1.54, 1.807) is 19.3 Å². The van der Waals surface area contributed by atoms with E-state index in [1.807, 2.05) is 11.0 Å². The number of likely N-dealkylation sites (tertiary alicyclic amines) is 1. The molecule has 0 radical (unpaired) electrons. The van der Waals surface area contributed by atoms with Gasteiger partial charge in [-0.1, -0.05) is 24.3 Å². The number of amides is 1. The maximum atomic E-state index is 12.8. The fraction of sp³-hybridized carbons (Fsp3) is 0.368. The first-order valence-corrected chi connectivity index (χ1v) is 8.00. The van der Waals surface area contributed by atoms with Crippen LogP contribution in [0.2, 0.25) is 0 Å². The number of benzene rings is 1. The zero-order valence-electron chi connectivity index (χ0n) is 13.8. The monoisotopic (exact) mass is 310 g/mol. The lowest BCUT2D eigenvalue weighted by molar-refractivity contribution is 0.0745. The minimum absolute atomic E-state index is 0.0497. The molecule has 0 bridgehead atoms. The maximum Gasteiger partial charge on any atom is 0.254 e. The van der Waals surface area contributed by atoms with E-state index in [0.29, 0.717) is 18.0 Å². The van der Waals surface area contributed by atoms with E-state index in [0.717, 1.165) is 6.42 Å². The molecule has 0 spiro atoms. The number of pyridine rings is 1. The van der Waals surface area contributed by atoms with Gasteiger partial charge in [0.2, 0.25) is 0 Å². The van der Waals surface area contributed by atoms with Crippen LogP contribution in [-0.2, 0) is 7.05 Å². The first-order valence-electron chi connectivity index (χ1n) is 8.00. The molecule has 0 N–H and O–H groups in total. The summed E-state index contributed by atoms with van der Waals surface area (Å²) < 4.78 is 1.47. The van der Waals surface area contributed by atoms with Crippen molar-refractivity contribution in [1.29, 1.82) is 0 Å². The predicted molar refractivity (Wildman–Crippen MR) is 90.7 cm³/mol. The molecule has 2 heterocycles. The second kappa shape index (κ2) is 6.03. The van der Waals surface area contributed by atoms with E-state index in [4.69, 9.17) is 0 Å². The number of nitrogens with zero attached hydrogens (tertiary/aromatic N) is 2. The quantitative estimate of drug-likeness (QED) is 0.856. The molecule has 1 aliphatic heterocycles. The third kappa shape index (κ3) is 2.93. The summed E-state index contributed by atoms with van der Waals surface area (Å²) in [6, 6.07) is 11.7. The summed E-state index contributed by atoms with van der Waals surface area (Å²) in [7, 11) is 1.68. The maximum absolute atomic E-state index is 12.8. The van der Waals surface area contributed by atoms with Gasteiger partial charge in [-0.3, -0.25) is 9.59 Å². The predicted octanol–water partition coefficient (Wildman–Crippen LogP) is 2.71. The summed E-state index contributed by atoms with van der Waals surface area (Å²) in [6.07, 6.45) is 2.61. The topological polar surface area (TPSA) is 42.3 Å². The molecule has 4 nitrogen and oxygen atoms in total. The lowest BCUT2D eigenvalue weighted by Crippen LogP contribution is -2.34. The van der Waals surface area contributed by atoms with Crippen molar-refractivity contribution in [2.45, 2.75) is 32.2 Å². The summed E-state index contributed by atoms with van der Waals surface area (Å²) >= 11 is 0. The second-order valence-corrected chi connectivity index (χ2v) is 6.46. The van der Waals surface area contributed by atoms with Crippen LogP contribution in [0, 0.1) is 6.92 Å². The molecule has 2 aromatic rings. The minimum atomic E-state index is -0.154. The van der Waals surface area contributed by atoms with E-state index < -0.39 is 0 Å². The summed E-state index contributed by atoms with van der Waals surface area (Å²) in [5.41, 5.74) is 2.91. The Kier molecular flexibility index (Phi) is 4.07. The van der Waals surface area contributed by atoms with Crippen molar-refractivity contribution in [2.24, 2.45) is 7.05 Å². The van der Waals surface area contributed by atoms with Gasteiger partial charge in [0.15, 0.2) is 0 Å². The standard InChI is InChI=1S/C19H22N2O2/c1-13-6-4-5-7-17(13)16-10-14(2)21(12-16)19(23)15-8-9-20(3)18(22)11-15/h4-9,11,14,16H,10,12H2,1-3H3. The van der Waals surface area contributed by atoms with Gasteiger partial charge in [0, 0.05) is 43.4 Å². The van der Waals surface area contributed by atoms with E-state index in [2.05, 4.69) is 32.0 Å². The van der Waals surface area contributed by atoms with Crippen LogP contribution in [0.4, 0.5) is 0 Å². The van der Waals surface area contributed by atoms with Gasteiger partial charge in [0.25, 0.3) is 11.5 Å². The molecule has 4 heteroatoms. The van der Waals surface area contributed by atoms with Crippen molar-refractivity contribution < 1.29 is 4.79 Å². The molecular formula is C19H22N2O2. The number of aryl methyl sites for hydroxylation is 2. The van der Waals surface area contributed by atoms with Gasteiger partial charge in [-0.25, -0.2) is 0 Å². The minimum Gasteiger partial charge on any atom is -0.335 e. The first kappa shape index (κ1) is 15.5. The largest absolute Gasteiger partial charge is 0.335 e. The molecule has 2 unspecified atom stereocenters. The highest BCUT2D eigenvalue weighted by atomic mass is 16.2. The highest BCUT2D eigenvalue weighted by Gasteiger charge is 2.34. The number of carbonyl (C=O) groups is 1. The van der Waals surface area contributed by atoms with Gasteiger partial charge in [0.05, 0.1) is 0 Å². The van der Waals surface area contributed by atoms with Gasteiger partial charge in [0.1, 0.15) is 0 Å². The number of carbonyl (C=O) groups excluding carboxylic acids is 1. The van der Waals surface area contributed by atoms with Crippen molar-refractivity contribution in [2.75, 3.05) is 6.54 Å². The zero-order valence-corrected chi connectivity index (χ0v) is 13.8. The third-order valence-electron chi connectivity index (χ3n) is 4.82. The number of hydrogen-bond donors (Lipinski definition) is 0. The molecule has 1 aromatic heterocycles. The molecule has 0 aliphatic carbocycles. The highest BCUT2D eigenvalue weighted by Crippen LogP contribution is 2.33. The lowest BCUT2D eigenvalue weighted by Gasteiger charge is -2.21. The van der Waals surface area contributed by atoms with Gasteiger partial charge in [-0.2, -0.15) is 0 Å². The molecule has 1 fully saturated rings.